The van der Waals surface area contributed by atoms with Crippen LogP contribution in [0.15, 0.2) is 23.2 Å². The number of phenolic OH excluding ortho intramolecular Hbond substituents is 1. The second-order valence-corrected chi connectivity index (χ2v) is 6.68. The Labute approximate surface area is 114 Å². The SMILES string of the molecule is CC(C)(C)Cc1ccc(O)c(C2(N=C=O)CCC2)c1. The van der Waals surface area contributed by atoms with E-state index in [0.29, 0.717) is 0 Å². The summed E-state index contributed by atoms with van der Waals surface area (Å²) in [4.78, 5) is 14.6. The second kappa shape index (κ2) is 4.82. The van der Waals surface area contributed by atoms with Crippen LogP contribution in [0.3, 0.4) is 0 Å². The van der Waals surface area contributed by atoms with Crippen LogP contribution < -0.4 is 0 Å². The maximum atomic E-state index is 10.6. The van der Waals surface area contributed by atoms with Gasteiger partial charge >= 0.3 is 0 Å². The lowest BCUT2D eigenvalue weighted by atomic mass is 9.71. The molecule has 1 saturated carbocycles. The molecule has 3 nitrogen and oxygen atoms in total. The van der Waals surface area contributed by atoms with E-state index in [1.54, 1.807) is 12.1 Å². The fourth-order valence-corrected chi connectivity index (χ4v) is 2.72. The van der Waals surface area contributed by atoms with Gasteiger partial charge in [-0.2, -0.15) is 4.99 Å². The van der Waals surface area contributed by atoms with E-state index in [0.717, 1.165) is 31.2 Å². The molecule has 0 atom stereocenters. The van der Waals surface area contributed by atoms with Gasteiger partial charge in [-0.3, -0.25) is 0 Å². The van der Waals surface area contributed by atoms with Crippen LogP contribution >= 0.6 is 0 Å². The number of carbonyl (C=O) groups excluding carboxylic acids is 1. The molecular weight excluding hydrogens is 238 g/mol. The molecule has 1 aromatic rings. The Morgan fingerprint density at radius 2 is 2.05 bits per heavy atom. The molecule has 2 rings (SSSR count). The van der Waals surface area contributed by atoms with E-state index in [1.807, 2.05) is 12.1 Å². The zero-order valence-corrected chi connectivity index (χ0v) is 11.9. The first-order valence-corrected chi connectivity index (χ1v) is 6.78. The Hall–Kier alpha value is -1.60. The van der Waals surface area contributed by atoms with Crippen LogP contribution in [0.1, 0.15) is 51.2 Å². The topological polar surface area (TPSA) is 49.7 Å². The zero-order valence-electron chi connectivity index (χ0n) is 11.9. The largest absolute Gasteiger partial charge is 0.508 e. The van der Waals surface area contributed by atoms with Crippen molar-refractivity contribution in [3.63, 3.8) is 0 Å². The van der Waals surface area contributed by atoms with Gasteiger partial charge in [0.1, 0.15) is 11.3 Å². The second-order valence-electron chi connectivity index (χ2n) is 6.68. The first-order chi connectivity index (χ1) is 8.86. The van der Waals surface area contributed by atoms with Crippen LogP contribution in [-0.2, 0) is 16.8 Å². The summed E-state index contributed by atoms with van der Waals surface area (Å²) < 4.78 is 0. The minimum Gasteiger partial charge on any atom is -0.508 e. The van der Waals surface area contributed by atoms with Gasteiger partial charge in [-0.15, -0.1) is 0 Å². The number of nitrogens with zero attached hydrogens (tertiary/aromatic N) is 1. The minimum absolute atomic E-state index is 0.189. The summed E-state index contributed by atoms with van der Waals surface area (Å²) in [5, 5.41) is 10.1. The Kier molecular flexibility index (Phi) is 3.51. The number of rotatable bonds is 3. The Morgan fingerprint density at radius 3 is 2.53 bits per heavy atom. The number of phenols is 1. The minimum atomic E-state index is -0.528. The lowest BCUT2D eigenvalue weighted by Gasteiger charge is -2.37. The molecule has 0 heterocycles. The number of benzene rings is 1. The third-order valence-electron chi connectivity index (χ3n) is 3.74. The summed E-state index contributed by atoms with van der Waals surface area (Å²) in [6.45, 7) is 6.55. The summed E-state index contributed by atoms with van der Waals surface area (Å²) in [5.74, 6) is 0.233. The standard InChI is InChI=1S/C16H21NO2/c1-15(2,3)10-12-5-6-14(19)13(9-12)16(17-11-18)7-4-8-16/h5-6,9,19H,4,7-8,10H2,1-3H3. The molecule has 0 spiro atoms. The van der Waals surface area contributed by atoms with E-state index in [-0.39, 0.29) is 11.2 Å². The van der Waals surface area contributed by atoms with Crippen molar-refractivity contribution >= 4 is 6.08 Å². The molecule has 1 aliphatic carbocycles. The van der Waals surface area contributed by atoms with Crippen molar-refractivity contribution in [1.29, 1.82) is 0 Å². The van der Waals surface area contributed by atoms with Gasteiger partial charge in [0.15, 0.2) is 0 Å². The predicted octanol–water partition coefficient (Wildman–Crippen LogP) is 3.70. The molecule has 3 heteroatoms. The highest BCUT2D eigenvalue weighted by molar-refractivity contribution is 5.46. The third kappa shape index (κ3) is 2.87. The van der Waals surface area contributed by atoms with Crippen LogP contribution in [-0.4, -0.2) is 11.2 Å². The molecule has 1 aromatic carbocycles. The molecule has 0 amide bonds. The van der Waals surface area contributed by atoms with Crippen molar-refractivity contribution in [2.45, 2.75) is 52.0 Å². The van der Waals surface area contributed by atoms with Crippen molar-refractivity contribution in [2.24, 2.45) is 10.4 Å². The molecule has 0 saturated heterocycles. The lowest BCUT2D eigenvalue weighted by Crippen LogP contribution is -2.32. The maximum Gasteiger partial charge on any atom is 0.235 e. The van der Waals surface area contributed by atoms with Gasteiger partial charge in [-0.05, 0) is 48.8 Å². The van der Waals surface area contributed by atoms with E-state index >= 15 is 0 Å². The Balaban J connectivity index is 2.39. The quantitative estimate of drug-likeness (QED) is 0.664. The van der Waals surface area contributed by atoms with Crippen molar-refractivity contribution in [1.82, 2.24) is 0 Å². The average molecular weight is 259 g/mol. The van der Waals surface area contributed by atoms with Gasteiger partial charge in [-0.1, -0.05) is 26.8 Å². The summed E-state index contributed by atoms with van der Waals surface area (Å²) in [6.07, 6.45) is 5.26. The molecule has 0 radical (unpaired) electrons. The molecule has 19 heavy (non-hydrogen) atoms. The molecule has 102 valence electrons. The summed E-state index contributed by atoms with van der Waals surface area (Å²) >= 11 is 0. The van der Waals surface area contributed by atoms with Crippen molar-refractivity contribution in [2.75, 3.05) is 0 Å². The summed E-state index contributed by atoms with van der Waals surface area (Å²) in [5.41, 5.74) is 1.62. The number of hydrogen-bond acceptors (Lipinski definition) is 3. The highest BCUT2D eigenvalue weighted by Crippen LogP contribution is 2.48. The maximum absolute atomic E-state index is 10.6. The van der Waals surface area contributed by atoms with E-state index < -0.39 is 5.54 Å². The smallest absolute Gasteiger partial charge is 0.235 e. The predicted molar refractivity (Wildman–Crippen MR) is 74.9 cm³/mol. The van der Waals surface area contributed by atoms with Gasteiger partial charge in [0, 0.05) is 5.56 Å². The number of isocyanates is 1. The highest BCUT2D eigenvalue weighted by Gasteiger charge is 2.41. The molecule has 1 aliphatic rings. The number of aromatic hydroxyl groups is 1. The van der Waals surface area contributed by atoms with Gasteiger partial charge < -0.3 is 5.11 Å². The first-order valence-electron chi connectivity index (χ1n) is 6.78. The van der Waals surface area contributed by atoms with Crippen molar-refractivity contribution < 1.29 is 9.90 Å². The fourth-order valence-electron chi connectivity index (χ4n) is 2.72. The third-order valence-corrected chi connectivity index (χ3v) is 3.74. The van der Waals surface area contributed by atoms with Crippen molar-refractivity contribution in [3.05, 3.63) is 29.3 Å². The van der Waals surface area contributed by atoms with Crippen LogP contribution in [0.2, 0.25) is 0 Å². The van der Waals surface area contributed by atoms with Crippen LogP contribution in [0, 0.1) is 5.41 Å². The Morgan fingerprint density at radius 1 is 1.37 bits per heavy atom. The lowest BCUT2D eigenvalue weighted by molar-refractivity contribution is 0.247. The van der Waals surface area contributed by atoms with Gasteiger partial charge in [-0.25, -0.2) is 4.79 Å². The van der Waals surface area contributed by atoms with E-state index in [9.17, 15) is 9.90 Å². The van der Waals surface area contributed by atoms with E-state index in [4.69, 9.17) is 0 Å². The molecule has 1 N–H and O–H groups in total. The van der Waals surface area contributed by atoms with Crippen LogP contribution in [0.4, 0.5) is 0 Å². The summed E-state index contributed by atoms with van der Waals surface area (Å²) in [6, 6.07) is 5.67. The summed E-state index contributed by atoms with van der Waals surface area (Å²) in [7, 11) is 0. The fraction of sp³-hybridized carbons (Fsp3) is 0.562. The average Bonchev–Trinajstić information content (AvgIpc) is 2.25. The van der Waals surface area contributed by atoms with Crippen molar-refractivity contribution in [3.8, 4) is 5.75 Å². The molecule has 0 aliphatic heterocycles. The van der Waals surface area contributed by atoms with E-state index in [1.165, 1.54) is 5.56 Å². The van der Waals surface area contributed by atoms with Gasteiger partial charge in [0.2, 0.25) is 6.08 Å². The van der Waals surface area contributed by atoms with Crippen LogP contribution in [0.25, 0.3) is 0 Å². The zero-order chi connectivity index (χ0) is 14.1. The van der Waals surface area contributed by atoms with Crippen LogP contribution in [0.5, 0.6) is 5.75 Å². The molecule has 0 bridgehead atoms. The molecule has 0 aromatic heterocycles. The van der Waals surface area contributed by atoms with Gasteiger partial charge in [0.25, 0.3) is 0 Å². The first kappa shape index (κ1) is 13.8. The number of hydrogen-bond donors (Lipinski definition) is 1. The highest BCUT2D eigenvalue weighted by atomic mass is 16.3. The Bertz CT molecular complexity index is 518. The number of aliphatic imine (C=N–C) groups is 1. The van der Waals surface area contributed by atoms with E-state index in [2.05, 4.69) is 25.8 Å². The van der Waals surface area contributed by atoms with Gasteiger partial charge in [0.05, 0.1) is 0 Å². The molecular formula is C16H21NO2. The molecule has 0 unspecified atom stereocenters. The normalized spacial score (nSPS) is 17.4. The molecule has 1 fully saturated rings. The monoisotopic (exact) mass is 259 g/mol.